The minimum absolute atomic E-state index is 0.297. The predicted molar refractivity (Wildman–Crippen MR) is 94.8 cm³/mol. The van der Waals surface area contributed by atoms with Crippen molar-refractivity contribution >= 4 is 16.8 Å². The highest BCUT2D eigenvalue weighted by molar-refractivity contribution is 5.84. The maximum Gasteiger partial charge on any atom is 0.217 e. The minimum Gasteiger partial charge on any atom is -0.489 e. The molecule has 1 amide bonds. The first kappa shape index (κ1) is 16.0. The third-order valence-corrected chi connectivity index (χ3v) is 3.88. The molecule has 0 saturated carbocycles. The van der Waals surface area contributed by atoms with Crippen LogP contribution in [0.25, 0.3) is 10.9 Å². The van der Waals surface area contributed by atoms with Gasteiger partial charge in [0.15, 0.2) is 0 Å². The number of benzene rings is 2. The maximum atomic E-state index is 11.1. The van der Waals surface area contributed by atoms with Crippen molar-refractivity contribution < 1.29 is 9.53 Å². The first-order valence-electron chi connectivity index (χ1n) is 7.97. The van der Waals surface area contributed by atoms with Crippen molar-refractivity contribution in [2.24, 2.45) is 5.73 Å². The number of rotatable bonds is 6. The van der Waals surface area contributed by atoms with Crippen LogP contribution in [0.15, 0.2) is 54.6 Å². The summed E-state index contributed by atoms with van der Waals surface area (Å²) in [5, 5.41) is 1.01. The number of aryl methyl sites for hydroxylation is 2. The zero-order valence-corrected chi connectivity index (χ0v) is 13.7. The van der Waals surface area contributed by atoms with E-state index in [2.05, 4.69) is 4.98 Å². The molecule has 0 radical (unpaired) electrons. The van der Waals surface area contributed by atoms with Crippen molar-refractivity contribution in [1.29, 1.82) is 0 Å². The van der Waals surface area contributed by atoms with E-state index in [1.807, 2.05) is 61.5 Å². The minimum atomic E-state index is -0.297. The second kappa shape index (κ2) is 7.13. The summed E-state index contributed by atoms with van der Waals surface area (Å²) in [6.07, 6.45) is 0.936. The van der Waals surface area contributed by atoms with Gasteiger partial charge in [-0.05, 0) is 48.7 Å². The molecule has 2 N–H and O–H groups in total. The Morgan fingerprint density at radius 2 is 1.92 bits per heavy atom. The Morgan fingerprint density at radius 1 is 1.12 bits per heavy atom. The molecular weight excluding hydrogens is 300 g/mol. The van der Waals surface area contributed by atoms with Gasteiger partial charge in [0.05, 0.1) is 5.52 Å². The zero-order chi connectivity index (χ0) is 16.9. The molecule has 0 spiro atoms. The fraction of sp³-hybridized carbons (Fsp3) is 0.200. The number of nitrogens with zero attached hydrogens (tertiary/aromatic N) is 1. The molecule has 0 bridgehead atoms. The second-order valence-corrected chi connectivity index (χ2v) is 5.84. The summed E-state index contributed by atoms with van der Waals surface area (Å²) in [5.41, 5.74) is 9.31. The van der Waals surface area contributed by atoms with Gasteiger partial charge in [-0.1, -0.05) is 30.3 Å². The van der Waals surface area contributed by atoms with Crippen LogP contribution in [0.2, 0.25) is 0 Å². The quantitative estimate of drug-likeness (QED) is 0.755. The van der Waals surface area contributed by atoms with Crippen molar-refractivity contribution in [1.82, 2.24) is 4.98 Å². The van der Waals surface area contributed by atoms with Crippen LogP contribution in [-0.2, 0) is 17.8 Å². The topological polar surface area (TPSA) is 65.2 Å². The summed E-state index contributed by atoms with van der Waals surface area (Å²) in [5.74, 6) is 0.492. The highest BCUT2D eigenvalue weighted by atomic mass is 16.5. The molecule has 0 aliphatic heterocycles. The number of primary amides is 1. The highest BCUT2D eigenvalue weighted by Gasteiger charge is 2.08. The smallest absolute Gasteiger partial charge is 0.217 e. The number of carbonyl (C=O) groups excluding carboxylic acids is 1. The van der Waals surface area contributed by atoms with Gasteiger partial charge in [0.25, 0.3) is 0 Å². The second-order valence-electron chi connectivity index (χ2n) is 5.84. The number of pyridine rings is 1. The number of ether oxygens (including phenoxy) is 1. The van der Waals surface area contributed by atoms with Gasteiger partial charge in [-0.3, -0.25) is 9.78 Å². The first-order chi connectivity index (χ1) is 11.6. The Hall–Kier alpha value is -2.88. The Kier molecular flexibility index (Phi) is 4.75. The Labute approximate surface area is 141 Å². The normalized spacial score (nSPS) is 10.7. The maximum absolute atomic E-state index is 11.1. The van der Waals surface area contributed by atoms with Crippen LogP contribution in [0.3, 0.4) is 0 Å². The number of nitrogens with two attached hydrogens (primary N) is 1. The fourth-order valence-electron chi connectivity index (χ4n) is 2.72. The van der Waals surface area contributed by atoms with Gasteiger partial charge in [-0.15, -0.1) is 0 Å². The summed E-state index contributed by atoms with van der Waals surface area (Å²) in [7, 11) is 0. The molecule has 1 aromatic heterocycles. The van der Waals surface area contributed by atoms with E-state index in [4.69, 9.17) is 10.5 Å². The molecule has 2 aromatic carbocycles. The van der Waals surface area contributed by atoms with Gasteiger partial charge in [-0.25, -0.2) is 0 Å². The van der Waals surface area contributed by atoms with Gasteiger partial charge in [-0.2, -0.15) is 0 Å². The average molecular weight is 320 g/mol. The largest absolute Gasteiger partial charge is 0.489 e. The van der Waals surface area contributed by atoms with Crippen molar-refractivity contribution in [3.63, 3.8) is 0 Å². The molecule has 0 atom stereocenters. The number of aromatic nitrogens is 1. The number of hydrogen-bond donors (Lipinski definition) is 1. The van der Waals surface area contributed by atoms with Gasteiger partial charge in [0.2, 0.25) is 5.91 Å². The molecule has 4 nitrogen and oxygen atoms in total. The highest BCUT2D eigenvalue weighted by Crippen LogP contribution is 2.25. The monoisotopic (exact) mass is 320 g/mol. The van der Waals surface area contributed by atoms with Crippen molar-refractivity contribution in [2.75, 3.05) is 0 Å². The summed E-state index contributed by atoms with van der Waals surface area (Å²) in [4.78, 5) is 15.7. The number of fused-ring (bicyclic) bond motifs is 1. The predicted octanol–water partition coefficient (Wildman–Crippen LogP) is 3.54. The summed E-state index contributed by atoms with van der Waals surface area (Å²) < 4.78 is 5.89. The van der Waals surface area contributed by atoms with Gasteiger partial charge in [0, 0.05) is 17.5 Å². The van der Waals surface area contributed by atoms with Crippen LogP contribution < -0.4 is 10.5 Å². The molecule has 0 aliphatic carbocycles. The molecule has 3 aromatic rings. The van der Waals surface area contributed by atoms with E-state index in [0.717, 1.165) is 33.5 Å². The number of carbonyl (C=O) groups is 1. The molecule has 24 heavy (non-hydrogen) atoms. The fourth-order valence-corrected chi connectivity index (χ4v) is 2.72. The van der Waals surface area contributed by atoms with Crippen LogP contribution in [-0.4, -0.2) is 10.9 Å². The molecule has 0 fully saturated rings. The van der Waals surface area contributed by atoms with Gasteiger partial charge < -0.3 is 10.5 Å². The van der Waals surface area contributed by atoms with E-state index >= 15 is 0 Å². The van der Waals surface area contributed by atoms with Crippen molar-refractivity contribution in [2.45, 2.75) is 26.4 Å². The lowest BCUT2D eigenvalue weighted by molar-refractivity contribution is -0.117. The summed E-state index contributed by atoms with van der Waals surface area (Å²) in [6.45, 7) is 2.47. The van der Waals surface area contributed by atoms with Crippen molar-refractivity contribution in [3.8, 4) is 5.75 Å². The van der Waals surface area contributed by atoms with E-state index in [1.54, 1.807) is 0 Å². The number of hydrogen-bond acceptors (Lipinski definition) is 3. The Morgan fingerprint density at radius 3 is 2.67 bits per heavy atom. The van der Waals surface area contributed by atoms with E-state index in [0.29, 0.717) is 19.4 Å². The van der Waals surface area contributed by atoms with Crippen LogP contribution in [0.1, 0.15) is 23.2 Å². The third kappa shape index (κ3) is 3.90. The lowest BCUT2D eigenvalue weighted by Gasteiger charge is -2.11. The first-order valence-corrected chi connectivity index (χ1v) is 7.97. The molecule has 122 valence electrons. The van der Waals surface area contributed by atoms with Gasteiger partial charge in [0.1, 0.15) is 12.4 Å². The van der Waals surface area contributed by atoms with Crippen LogP contribution in [0.4, 0.5) is 0 Å². The lowest BCUT2D eigenvalue weighted by Crippen LogP contribution is -2.11. The third-order valence-electron chi connectivity index (χ3n) is 3.88. The van der Waals surface area contributed by atoms with E-state index in [9.17, 15) is 4.79 Å². The molecule has 1 heterocycles. The molecule has 0 aliphatic rings. The molecule has 0 saturated heterocycles. The Balaban J connectivity index is 1.86. The summed E-state index contributed by atoms with van der Waals surface area (Å²) in [6, 6.07) is 17.9. The van der Waals surface area contributed by atoms with Gasteiger partial charge >= 0.3 is 0 Å². The van der Waals surface area contributed by atoms with Crippen LogP contribution >= 0.6 is 0 Å². The van der Waals surface area contributed by atoms with E-state index < -0.39 is 0 Å². The van der Waals surface area contributed by atoms with Crippen LogP contribution in [0, 0.1) is 6.92 Å². The molecule has 4 heteroatoms. The van der Waals surface area contributed by atoms with Crippen molar-refractivity contribution in [3.05, 3.63) is 71.4 Å². The average Bonchev–Trinajstić information content (AvgIpc) is 2.58. The molecule has 3 rings (SSSR count). The summed E-state index contributed by atoms with van der Waals surface area (Å²) >= 11 is 0. The molecule has 0 unspecified atom stereocenters. The van der Waals surface area contributed by atoms with Crippen LogP contribution in [0.5, 0.6) is 5.75 Å². The zero-order valence-electron chi connectivity index (χ0n) is 13.7. The van der Waals surface area contributed by atoms with E-state index in [1.165, 1.54) is 0 Å². The SMILES string of the molecule is Cc1cc(CCC(N)=O)c2cc(OCc3ccccc3)ccc2n1. The number of amides is 1. The molecular formula is C20H20N2O2. The Bertz CT molecular complexity index is 860. The lowest BCUT2D eigenvalue weighted by atomic mass is 10.0. The standard InChI is InChI=1S/C20H20N2O2/c1-14-11-16(7-10-20(21)23)18-12-17(8-9-19(18)22-14)24-13-15-5-3-2-4-6-15/h2-6,8-9,11-12H,7,10,13H2,1H3,(H2,21,23). The van der Waals surface area contributed by atoms with E-state index in [-0.39, 0.29) is 5.91 Å².